The molecule has 3 N–H and O–H groups in total. The molecular weight excluding hydrogens is 751 g/mol. The van der Waals surface area contributed by atoms with E-state index < -0.39 is 18.1 Å². The van der Waals surface area contributed by atoms with Crippen LogP contribution in [-0.2, 0) is 28.0 Å². The predicted octanol–water partition coefficient (Wildman–Crippen LogP) is 7.71. The van der Waals surface area contributed by atoms with Crippen LogP contribution in [0.2, 0.25) is 0 Å². The molecule has 7 rings (SSSR count). The summed E-state index contributed by atoms with van der Waals surface area (Å²) in [5.41, 5.74) is 6.32. The molecule has 1 aliphatic heterocycles. The van der Waals surface area contributed by atoms with Gasteiger partial charge in [-0.2, -0.15) is 5.06 Å². The second-order valence-electron chi connectivity index (χ2n) is 20.2. The Bertz CT molecular complexity index is 1970. The maximum absolute atomic E-state index is 14.6. The quantitative estimate of drug-likeness (QED) is 0.143. The van der Waals surface area contributed by atoms with Gasteiger partial charge in [-0.15, -0.1) is 0 Å². The molecule has 1 heterocycles. The molecule has 3 aromatic rings. The summed E-state index contributed by atoms with van der Waals surface area (Å²) in [4.78, 5) is 39.7. The average molecular weight is 824 g/mol. The molecule has 2 amide bonds. The summed E-state index contributed by atoms with van der Waals surface area (Å²) in [6.45, 7) is 18.4. The van der Waals surface area contributed by atoms with Gasteiger partial charge in [0.1, 0.15) is 11.8 Å². The van der Waals surface area contributed by atoms with Crippen LogP contribution in [0.1, 0.15) is 102 Å². The fraction of sp³-hybridized carbons (Fsp3) is 0.600. The van der Waals surface area contributed by atoms with Crippen LogP contribution in [0, 0.1) is 29.1 Å². The molecule has 0 aromatic heterocycles. The van der Waals surface area contributed by atoms with Gasteiger partial charge in [-0.3, -0.25) is 14.4 Å². The molecule has 10 heteroatoms. The third-order valence-electron chi connectivity index (χ3n) is 14.1. The summed E-state index contributed by atoms with van der Waals surface area (Å²) in [6, 6.07) is 19.9. The fourth-order valence-electron chi connectivity index (χ4n) is 10.5. The number of methoxy groups -OCH3 is 1. The number of amides is 2. The summed E-state index contributed by atoms with van der Waals surface area (Å²) >= 11 is 0. The van der Waals surface area contributed by atoms with E-state index in [0.29, 0.717) is 53.9 Å². The first-order valence-electron chi connectivity index (χ1n) is 22.2. The minimum Gasteiger partial charge on any atom is -0.496 e. The maximum Gasteiger partial charge on any atom is 0.251 e. The molecule has 9 atom stereocenters. The number of hydrogen-bond donors (Lipinski definition) is 3. The van der Waals surface area contributed by atoms with E-state index in [-0.39, 0.29) is 42.0 Å². The van der Waals surface area contributed by atoms with Crippen molar-refractivity contribution in [3.63, 3.8) is 0 Å². The monoisotopic (exact) mass is 824 g/mol. The molecule has 328 valence electrons. The van der Waals surface area contributed by atoms with E-state index in [0.717, 1.165) is 34.4 Å². The third-order valence-corrected chi connectivity index (χ3v) is 14.1. The second-order valence-corrected chi connectivity index (χ2v) is 20.2. The highest BCUT2D eigenvalue weighted by Crippen LogP contribution is 2.61. The Balaban J connectivity index is 1.37. The normalized spacial score (nSPS) is 25.9. The molecule has 2 bridgehead atoms. The molecule has 3 saturated carbocycles. The lowest BCUT2D eigenvalue weighted by Gasteiger charge is -2.62. The van der Waals surface area contributed by atoms with Crippen LogP contribution in [0.3, 0.4) is 0 Å². The highest BCUT2D eigenvalue weighted by Gasteiger charge is 2.57. The maximum atomic E-state index is 14.6. The van der Waals surface area contributed by atoms with Gasteiger partial charge in [0, 0.05) is 61.0 Å². The number of likely N-dealkylation sites (N-methyl/N-ethyl adjacent to an activating group) is 1. The molecular formula is C50H73N5O5. The highest BCUT2D eigenvalue weighted by atomic mass is 16.7. The molecule has 4 aliphatic rings. The van der Waals surface area contributed by atoms with Crippen LogP contribution < -0.4 is 20.3 Å². The number of aliphatic hydroxyl groups excluding tert-OH is 1. The van der Waals surface area contributed by atoms with E-state index in [1.165, 1.54) is 12.0 Å². The Kier molecular flexibility index (Phi) is 13.8. The third kappa shape index (κ3) is 9.57. The van der Waals surface area contributed by atoms with Gasteiger partial charge in [0.15, 0.2) is 0 Å². The van der Waals surface area contributed by atoms with E-state index in [1.807, 2.05) is 70.3 Å². The van der Waals surface area contributed by atoms with Crippen molar-refractivity contribution in [2.45, 2.75) is 123 Å². The summed E-state index contributed by atoms with van der Waals surface area (Å²) in [5.74, 6) is 1.57. The van der Waals surface area contributed by atoms with Gasteiger partial charge in [0.05, 0.1) is 25.9 Å². The fourth-order valence-corrected chi connectivity index (χ4v) is 10.5. The first kappa shape index (κ1) is 45.6. The number of fused-ring (bicyclic) bond motifs is 2. The van der Waals surface area contributed by atoms with Gasteiger partial charge in [-0.05, 0) is 116 Å². The SMILES string of the molecule is CC[C@@H]1ON(Cc2cc(C(C)(C)C)cc(-c3cc(C(=O)N[C@@H](Cc4ccccc4)CN(C)C)cc(N(C)C)c3)c2OC)[C@H](C(=O)NC2C[C@H]3C[C@@H]([C@@H]2C)C3(C)C)[C@@H]1[C@H](C)O. The number of ether oxygens (including phenoxy) is 1. The number of hydroxylamine groups is 2. The first-order valence-corrected chi connectivity index (χ1v) is 22.2. The number of benzene rings is 3. The summed E-state index contributed by atoms with van der Waals surface area (Å²) in [5, 5.41) is 19.9. The zero-order chi connectivity index (χ0) is 43.8. The molecule has 3 aromatic carbocycles. The topological polar surface area (TPSA) is 107 Å². The minimum absolute atomic E-state index is 0.0867. The Morgan fingerprint density at radius 3 is 2.30 bits per heavy atom. The van der Waals surface area contributed by atoms with Gasteiger partial charge in [-0.25, -0.2) is 0 Å². The smallest absolute Gasteiger partial charge is 0.251 e. The Labute approximate surface area is 360 Å². The molecule has 0 spiro atoms. The summed E-state index contributed by atoms with van der Waals surface area (Å²) < 4.78 is 6.33. The van der Waals surface area contributed by atoms with Crippen LogP contribution in [0.5, 0.6) is 5.75 Å². The lowest BCUT2D eigenvalue weighted by molar-refractivity contribution is -0.178. The minimum atomic E-state index is -0.756. The molecule has 4 fully saturated rings. The number of anilines is 1. The first-order chi connectivity index (χ1) is 28.2. The van der Waals surface area contributed by atoms with Crippen LogP contribution >= 0.6 is 0 Å². The number of rotatable bonds is 15. The highest BCUT2D eigenvalue weighted by molar-refractivity contribution is 5.97. The van der Waals surface area contributed by atoms with Gasteiger partial charge >= 0.3 is 0 Å². The van der Waals surface area contributed by atoms with Crippen LogP contribution in [0.4, 0.5) is 5.69 Å². The average Bonchev–Trinajstić information content (AvgIpc) is 3.56. The van der Waals surface area contributed by atoms with Crippen molar-refractivity contribution in [1.82, 2.24) is 20.6 Å². The Morgan fingerprint density at radius 2 is 1.73 bits per heavy atom. The largest absolute Gasteiger partial charge is 0.496 e. The van der Waals surface area contributed by atoms with E-state index in [1.54, 1.807) is 19.1 Å². The molecule has 1 saturated heterocycles. The molecule has 0 radical (unpaired) electrons. The van der Waals surface area contributed by atoms with Gasteiger partial charge in [0.2, 0.25) is 5.91 Å². The zero-order valence-corrected chi connectivity index (χ0v) is 38.6. The van der Waals surface area contributed by atoms with Crippen molar-refractivity contribution in [2.24, 2.45) is 29.1 Å². The van der Waals surface area contributed by atoms with Crippen molar-refractivity contribution in [3.8, 4) is 16.9 Å². The standard InChI is InChI=1S/C50H73N5O5/c1-14-43-44(31(3)56)45(48(58)52-42-27-37-26-41(30(42)2)50(37,7)8)55(60-43)28-35-22-36(49(4,5)6)25-40(46(35)59-13)33-21-34(24-39(23-33)54(11)12)47(57)51-38(29-53(9)10)20-32-18-16-15-17-19-32/h15-19,21-25,30-31,37-38,41-45,56H,14,20,26-29H2,1-13H3,(H,51,57)(H,52,58)/t30-,31-,37+,38-,41-,42?,43-,44+,45-/m0/s1. The van der Waals surface area contributed by atoms with Crippen molar-refractivity contribution in [2.75, 3.05) is 46.7 Å². The summed E-state index contributed by atoms with van der Waals surface area (Å²) in [6.07, 6.45) is 2.48. The Morgan fingerprint density at radius 1 is 1.03 bits per heavy atom. The van der Waals surface area contributed by atoms with Gasteiger partial charge in [-0.1, -0.05) is 84.9 Å². The lowest BCUT2D eigenvalue weighted by Crippen LogP contribution is -2.62. The number of aliphatic hydroxyl groups is 1. The molecule has 10 nitrogen and oxygen atoms in total. The lowest BCUT2D eigenvalue weighted by atomic mass is 9.45. The number of hydrogen-bond acceptors (Lipinski definition) is 8. The van der Waals surface area contributed by atoms with E-state index >= 15 is 0 Å². The molecule has 1 unspecified atom stereocenters. The van der Waals surface area contributed by atoms with E-state index in [4.69, 9.17) is 9.57 Å². The van der Waals surface area contributed by atoms with Crippen molar-refractivity contribution < 1.29 is 24.3 Å². The van der Waals surface area contributed by atoms with Crippen molar-refractivity contribution in [1.29, 1.82) is 0 Å². The van der Waals surface area contributed by atoms with Crippen LogP contribution in [0.15, 0.2) is 60.7 Å². The zero-order valence-electron chi connectivity index (χ0n) is 38.6. The number of carbonyl (C=O) groups is 2. The molecule has 3 aliphatic carbocycles. The van der Waals surface area contributed by atoms with E-state index in [9.17, 15) is 14.7 Å². The number of nitrogens with zero attached hydrogens (tertiary/aromatic N) is 3. The predicted molar refractivity (Wildman–Crippen MR) is 242 cm³/mol. The van der Waals surface area contributed by atoms with Crippen molar-refractivity contribution >= 4 is 17.5 Å². The molecule has 60 heavy (non-hydrogen) atoms. The number of nitrogens with one attached hydrogen (secondary N) is 2. The van der Waals surface area contributed by atoms with Crippen LogP contribution in [0.25, 0.3) is 11.1 Å². The second kappa shape index (κ2) is 18.2. The number of carbonyl (C=O) groups excluding carboxylic acids is 2. The van der Waals surface area contributed by atoms with Crippen LogP contribution in [-0.4, -0.2) is 99.1 Å². The summed E-state index contributed by atoms with van der Waals surface area (Å²) in [7, 11) is 9.69. The Hall–Kier alpha value is -3.96. The van der Waals surface area contributed by atoms with Crippen molar-refractivity contribution in [3.05, 3.63) is 82.9 Å². The van der Waals surface area contributed by atoms with E-state index in [2.05, 4.69) is 87.4 Å². The van der Waals surface area contributed by atoms with Gasteiger partial charge < -0.3 is 30.3 Å². The van der Waals surface area contributed by atoms with Gasteiger partial charge in [0.25, 0.3) is 5.91 Å².